The number of allylic oxidation sites excluding steroid dienone is 8. The number of phosphoric ester groups is 1. The molecule has 548 valence electrons. The van der Waals surface area contributed by atoms with E-state index in [-0.39, 0.29) is 32.0 Å². The molecule has 0 aromatic heterocycles. The second-order valence-corrected chi connectivity index (χ2v) is 30.5. The number of hydrogen-bond donors (Lipinski definition) is 0. The van der Waals surface area contributed by atoms with Crippen molar-refractivity contribution in [3.05, 3.63) is 48.6 Å². The second kappa shape index (κ2) is 74.2. The lowest BCUT2D eigenvalue weighted by Gasteiger charge is -2.28. The molecule has 0 heterocycles. The third-order valence-electron chi connectivity index (χ3n) is 18.6. The summed E-state index contributed by atoms with van der Waals surface area (Å²) in [6.07, 6.45) is 98.3. The minimum atomic E-state index is -4.64. The Morgan fingerprint density at radius 1 is 0.344 bits per heavy atom. The molecule has 2 unspecified atom stereocenters. The zero-order valence-electron chi connectivity index (χ0n) is 62.7. The first-order valence-corrected chi connectivity index (χ1v) is 42.3. The van der Waals surface area contributed by atoms with Crippen molar-refractivity contribution in [2.75, 3.05) is 47.5 Å². The number of hydrogen-bond acceptors (Lipinski definition) is 8. The van der Waals surface area contributed by atoms with Gasteiger partial charge in [-0.2, -0.15) is 0 Å². The van der Waals surface area contributed by atoms with Gasteiger partial charge in [-0.05, 0) is 51.4 Å². The van der Waals surface area contributed by atoms with E-state index in [1.165, 1.54) is 327 Å². The molecule has 93 heavy (non-hydrogen) atoms. The normalized spacial score (nSPS) is 13.2. The van der Waals surface area contributed by atoms with E-state index in [1.54, 1.807) is 0 Å². The Labute approximate surface area is 579 Å². The highest BCUT2D eigenvalue weighted by atomic mass is 31.2. The summed E-state index contributed by atoms with van der Waals surface area (Å²) < 4.78 is 34.4. The lowest BCUT2D eigenvalue weighted by Crippen LogP contribution is -2.37. The van der Waals surface area contributed by atoms with E-state index in [2.05, 4.69) is 62.5 Å². The van der Waals surface area contributed by atoms with Crippen LogP contribution >= 0.6 is 7.82 Å². The molecule has 0 aliphatic rings. The molecule has 0 radical (unpaired) electrons. The predicted molar refractivity (Wildman–Crippen MR) is 402 cm³/mol. The second-order valence-electron chi connectivity index (χ2n) is 29.1. The molecule has 10 heteroatoms. The van der Waals surface area contributed by atoms with E-state index in [1.807, 2.05) is 21.1 Å². The van der Waals surface area contributed by atoms with Crippen LogP contribution in [0.5, 0.6) is 0 Å². The zero-order chi connectivity index (χ0) is 67.6. The summed E-state index contributed by atoms with van der Waals surface area (Å²) in [4.78, 5) is 38.2. The Morgan fingerprint density at radius 2 is 0.613 bits per heavy atom. The van der Waals surface area contributed by atoms with Gasteiger partial charge in [-0.1, -0.05) is 403 Å². The molecule has 9 nitrogen and oxygen atoms in total. The fraction of sp³-hybridized carbons (Fsp3) is 0.880. The summed E-state index contributed by atoms with van der Waals surface area (Å²) in [6, 6.07) is 0. The fourth-order valence-electron chi connectivity index (χ4n) is 12.4. The van der Waals surface area contributed by atoms with Crippen molar-refractivity contribution in [1.29, 1.82) is 0 Å². The number of carbonyl (C=O) groups is 2. The van der Waals surface area contributed by atoms with Crippen LogP contribution in [0.4, 0.5) is 0 Å². The summed E-state index contributed by atoms with van der Waals surface area (Å²) in [7, 11) is 1.19. The van der Waals surface area contributed by atoms with Crippen LogP contribution in [-0.2, 0) is 32.7 Å². The molecule has 0 N–H and O–H groups in total. The van der Waals surface area contributed by atoms with Gasteiger partial charge in [0, 0.05) is 12.8 Å². The number of unbranched alkanes of at least 4 members (excludes halogenated alkanes) is 55. The van der Waals surface area contributed by atoms with Gasteiger partial charge in [0.15, 0.2) is 6.10 Å². The van der Waals surface area contributed by atoms with Crippen LogP contribution in [0, 0.1) is 0 Å². The number of phosphoric acid groups is 1. The maximum atomic E-state index is 12.9. The van der Waals surface area contributed by atoms with Crippen LogP contribution in [-0.4, -0.2) is 70.0 Å². The van der Waals surface area contributed by atoms with E-state index < -0.39 is 26.5 Å². The highest BCUT2D eigenvalue weighted by Crippen LogP contribution is 2.38. The van der Waals surface area contributed by atoms with Crippen molar-refractivity contribution < 1.29 is 42.1 Å². The average molecular weight is 1330 g/mol. The molecule has 0 aromatic rings. The van der Waals surface area contributed by atoms with Crippen LogP contribution in [0.2, 0.25) is 0 Å². The van der Waals surface area contributed by atoms with Crippen molar-refractivity contribution in [2.45, 2.75) is 424 Å². The number of carbonyl (C=O) groups excluding carboxylic acids is 2. The van der Waals surface area contributed by atoms with E-state index in [4.69, 9.17) is 18.5 Å². The number of likely N-dealkylation sites (N-methyl/N-ethyl adjacent to an activating group) is 1. The number of rotatable bonds is 77. The van der Waals surface area contributed by atoms with E-state index >= 15 is 0 Å². The van der Waals surface area contributed by atoms with Crippen molar-refractivity contribution >= 4 is 19.8 Å². The van der Waals surface area contributed by atoms with Crippen LogP contribution in [0.25, 0.3) is 0 Å². The molecule has 0 fully saturated rings. The van der Waals surface area contributed by atoms with Gasteiger partial charge in [-0.3, -0.25) is 14.2 Å². The fourth-order valence-corrected chi connectivity index (χ4v) is 13.1. The lowest BCUT2D eigenvalue weighted by molar-refractivity contribution is -0.870. The highest BCUT2D eigenvalue weighted by molar-refractivity contribution is 7.45. The molecule has 2 atom stereocenters. The highest BCUT2D eigenvalue weighted by Gasteiger charge is 2.22. The quantitative estimate of drug-likeness (QED) is 0.0195. The van der Waals surface area contributed by atoms with E-state index in [0.717, 1.165) is 57.8 Å². The molecule has 0 aromatic carbocycles. The Bertz CT molecular complexity index is 1710. The third kappa shape index (κ3) is 78.8. The molecule has 0 saturated carbocycles. The van der Waals surface area contributed by atoms with Crippen molar-refractivity contribution in [3.8, 4) is 0 Å². The maximum absolute atomic E-state index is 12.9. The standard InChI is InChI=1S/C83H158NO8P/c1-6-8-10-12-14-16-18-20-22-24-26-28-30-32-34-36-37-38-39-40-41-42-43-44-45-46-47-48-50-52-54-56-58-60-62-64-66-68-70-72-74-76-83(86)92-81(80-91-93(87,88)90-78-77-84(3,4)5)79-89-82(85)75-73-71-69-67-65-63-61-59-57-55-53-51-49-35-33-31-29-27-25-23-21-19-17-15-13-11-9-7-2/h8,10,14,16,20,22,26,28,81H,6-7,9,11-13,15,17-19,21,23-25,27,29-80H2,1-5H3/b10-8-,16-14-,22-20-,28-26-. The van der Waals surface area contributed by atoms with E-state index in [0.29, 0.717) is 17.4 Å². The monoisotopic (exact) mass is 1330 g/mol. The molecule has 0 amide bonds. The van der Waals surface area contributed by atoms with Gasteiger partial charge in [-0.15, -0.1) is 0 Å². The van der Waals surface area contributed by atoms with Crippen LogP contribution < -0.4 is 4.89 Å². The van der Waals surface area contributed by atoms with Crippen molar-refractivity contribution in [2.24, 2.45) is 0 Å². The SMILES string of the molecule is CC/C=C\C/C=C\C/C=C\C/C=C\CCCCCCCCCCCCCCCCCCCCCCCCCCCCCCC(=O)OC(COC(=O)CCCCCCCCCCCCCCCCCCCCCCCCCCCCCC)COP(=O)([O-])OCC[N+](C)(C)C. The Hall–Kier alpha value is -2.03. The largest absolute Gasteiger partial charge is 0.756 e. The average Bonchev–Trinajstić information content (AvgIpc) is 2.30. The van der Waals surface area contributed by atoms with Gasteiger partial charge in [0.25, 0.3) is 7.82 Å². The molecular weight excluding hydrogens is 1170 g/mol. The summed E-state index contributed by atoms with van der Waals surface area (Å²) in [5, 5.41) is 0. The van der Waals surface area contributed by atoms with Crippen LogP contribution in [0.15, 0.2) is 48.6 Å². The van der Waals surface area contributed by atoms with Crippen molar-refractivity contribution in [1.82, 2.24) is 0 Å². The first-order chi connectivity index (χ1) is 45.5. The minimum absolute atomic E-state index is 0.0267. The topological polar surface area (TPSA) is 111 Å². The van der Waals surface area contributed by atoms with Crippen LogP contribution in [0.3, 0.4) is 0 Å². The molecule has 0 spiro atoms. The number of nitrogens with zero attached hydrogens (tertiary/aromatic N) is 1. The van der Waals surface area contributed by atoms with Crippen molar-refractivity contribution in [3.63, 3.8) is 0 Å². The molecule has 0 saturated heterocycles. The molecule has 0 bridgehead atoms. The first-order valence-electron chi connectivity index (χ1n) is 40.8. The first kappa shape index (κ1) is 91.0. The van der Waals surface area contributed by atoms with Gasteiger partial charge >= 0.3 is 11.9 Å². The summed E-state index contributed by atoms with van der Waals surface area (Å²) in [6.45, 7) is 4.21. The van der Waals surface area contributed by atoms with Gasteiger partial charge in [0.1, 0.15) is 19.8 Å². The minimum Gasteiger partial charge on any atom is -0.756 e. The summed E-state index contributed by atoms with van der Waals surface area (Å²) in [5.74, 6) is -0.805. The molecular formula is C83H158NO8P. The lowest BCUT2D eigenvalue weighted by atomic mass is 10.0. The summed E-state index contributed by atoms with van der Waals surface area (Å²) in [5.41, 5.74) is 0. The summed E-state index contributed by atoms with van der Waals surface area (Å²) >= 11 is 0. The van der Waals surface area contributed by atoms with Gasteiger partial charge in [0.2, 0.25) is 0 Å². The maximum Gasteiger partial charge on any atom is 0.306 e. The van der Waals surface area contributed by atoms with Gasteiger partial charge in [-0.25, -0.2) is 0 Å². The third-order valence-corrected chi connectivity index (χ3v) is 19.6. The van der Waals surface area contributed by atoms with E-state index in [9.17, 15) is 19.0 Å². The molecule has 0 aliphatic carbocycles. The predicted octanol–water partition coefficient (Wildman–Crippen LogP) is 26.5. The molecule has 0 rings (SSSR count). The van der Waals surface area contributed by atoms with Crippen LogP contribution in [0.1, 0.15) is 418 Å². The van der Waals surface area contributed by atoms with Gasteiger partial charge in [0.05, 0.1) is 27.7 Å². The number of esters is 2. The Morgan fingerprint density at radius 3 is 0.914 bits per heavy atom. The van der Waals surface area contributed by atoms with Gasteiger partial charge < -0.3 is 27.9 Å². The Balaban J connectivity index is 3.86. The molecule has 0 aliphatic heterocycles. The number of ether oxygens (including phenoxy) is 2. The Kier molecular flexibility index (Phi) is 72.6. The number of quaternary nitrogens is 1. The smallest absolute Gasteiger partial charge is 0.306 e. The zero-order valence-corrected chi connectivity index (χ0v) is 63.6.